The van der Waals surface area contributed by atoms with E-state index >= 15 is 0 Å². The van der Waals surface area contributed by atoms with Crippen LogP contribution in [0.15, 0.2) is 47.5 Å². The molecule has 1 aromatic carbocycles. The van der Waals surface area contributed by atoms with E-state index in [0.717, 1.165) is 25.3 Å². The molecule has 1 amide bonds. The van der Waals surface area contributed by atoms with Gasteiger partial charge in [-0.05, 0) is 51.5 Å². The molecule has 0 aliphatic carbocycles. The predicted molar refractivity (Wildman–Crippen MR) is 130 cm³/mol. The van der Waals surface area contributed by atoms with Gasteiger partial charge in [0, 0.05) is 47.4 Å². The van der Waals surface area contributed by atoms with Crippen LogP contribution < -0.4 is 16.0 Å². The zero-order valence-electron chi connectivity index (χ0n) is 16.8. The van der Waals surface area contributed by atoms with Crippen LogP contribution in [0.25, 0.3) is 0 Å². The predicted octanol–water partition coefficient (Wildman–Crippen LogP) is 3.98. The van der Waals surface area contributed by atoms with Crippen molar-refractivity contribution >= 4 is 47.2 Å². The number of halogens is 1. The molecular weight excluding hydrogens is 483 g/mol. The Bertz CT molecular complexity index is 733. The second kappa shape index (κ2) is 13.5. The van der Waals surface area contributed by atoms with Crippen LogP contribution in [0.1, 0.15) is 40.4 Å². The van der Waals surface area contributed by atoms with E-state index in [-0.39, 0.29) is 29.9 Å². The number of amides is 1. The molecule has 0 bridgehead atoms. The molecule has 154 valence electrons. The average Bonchev–Trinajstić information content (AvgIpc) is 3.06. The Labute approximate surface area is 189 Å². The summed E-state index contributed by atoms with van der Waals surface area (Å²) in [6, 6.07) is 13.9. The van der Waals surface area contributed by atoms with Gasteiger partial charge in [0.2, 0.25) is 0 Å². The Morgan fingerprint density at radius 1 is 1.14 bits per heavy atom. The van der Waals surface area contributed by atoms with E-state index in [1.165, 1.54) is 9.75 Å². The number of aliphatic imine (C=N–C) groups is 1. The van der Waals surface area contributed by atoms with Crippen molar-refractivity contribution in [3.05, 3.63) is 57.8 Å². The average molecular weight is 514 g/mol. The largest absolute Gasteiger partial charge is 0.357 e. The number of guanidine groups is 1. The van der Waals surface area contributed by atoms with Crippen LogP contribution in [0.3, 0.4) is 0 Å². The minimum Gasteiger partial charge on any atom is -0.357 e. The first-order chi connectivity index (χ1) is 13.1. The quantitative estimate of drug-likeness (QED) is 0.205. The molecule has 0 aliphatic rings. The highest BCUT2D eigenvalue weighted by Gasteiger charge is 2.08. The van der Waals surface area contributed by atoms with E-state index in [4.69, 9.17) is 0 Å². The number of rotatable bonds is 9. The van der Waals surface area contributed by atoms with Gasteiger partial charge in [-0.15, -0.1) is 35.3 Å². The molecule has 5 nitrogen and oxygen atoms in total. The summed E-state index contributed by atoms with van der Waals surface area (Å²) in [5.41, 5.74) is 0.689. The van der Waals surface area contributed by atoms with Gasteiger partial charge in [0.1, 0.15) is 0 Å². The summed E-state index contributed by atoms with van der Waals surface area (Å²) >= 11 is 1.84. The fourth-order valence-corrected chi connectivity index (χ4v) is 3.68. The van der Waals surface area contributed by atoms with E-state index in [1.54, 1.807) is 0 Å². The molecule has 28 heavy (non-hydrogen) atoms. The first-order valence-corrected chi connectivity index (χ1v) is 10.3. The van der Waals surface area contributed by atoms with Crippen molar-refractivity contribution in [2.24, 2.45) is 4.99 Å². The fraction of sp³-hybridized carbons (Fsp3) is 0.429. The Hall–Kier alpha value is -1.61. The zero-order chi connectivity index (χ0) is 19.5. The van der Waals surface area contributed by atoms with E-state index in [0.29, 0.717) is 24.7 Å². The standard InChI is InChI=1S/C21H30N4OS.HI/c1-4-22-21(25-16(2)15-19-12-11-17(3)27-19)24-14-8-13-23-20(26)18-9-6-5-7-10-18;/h5-7,9-12,16H,4,8,13-15H2,1-3H3,(H,23,26)(H2,22,24,25);1H. The number of nitrogens with one attached hydrogen (secondary N) is 3. The minimum absolute atomic E-state index is 0. The third kappa shape index (κ3) is 9.05. The lowest BCUT2D eigenvalue weighted by atomic mass is 10.2. The van der Waals surface area contributed by atoms with Crippen molar-refractivity contribution in [3.8, 4) is 0 Å². The van der Waals surface area contributed by atoms with Gasteiger partial charge in [0.25, 0.3) is 5.91 Å². The molecule has 0 radical (unpaired) electrons. The lowest BCUT2D eigenvalue weighted by Crippen LogP contribution is -2.43. The molecule has 3 N–H and O–H groups in total. The molecule has 1 atom stereocenters. The Kier molecular flexibility index (Phi) is 11.8. The number of nitrogens with zero attached hydrogens (tertiary/aromatic N) is 1. The maximum Gasteiger partial charge on any atom is 0.251 e. The summed E-state index contributed by atoms with van der Waals surface area (Å²) in [5, 5.41) is 9.68. The summed E-state index contributed by atoms with van der Waals surface area (Å²) in [6.07, 6.45) is 1.78. The van der Waals surface area contributed by atoms with E-state index in [1.807, 2.05) is 41.7 Å². The molecule has 0 spiro atoms. The maximum absolute atomic E-state index is 12.0. The van der Waals surface area contributed by atoms with Gasteiger partial charge < -0.3 is 16.0 Å². The van der Waals surface area contributed by atoms with Crippen molar-refractivity contribution < 1.29 is 4.79 Å². The van der Waals surface area contributed by atoms with Crippen molar-refractivity contribution in [2.75, 3.05) is 19.6 Å². The Morgan fingerprint density at radius 3 is 2.54 bits per heavy atom. The molecule has 2 aromatic rings. The van der Waals surface area contributed by atoms with Crippen molar-refractivity contribution in [1.29, 1.82) is 0 Å². The summed E-state index contributed by atoms with van der Waals surface area (Å²) < 4.78 is 0. The minimum atomic E-state index is -0.0375. The van der Waals surface area contributed by atoms with E-state index < -0.39 is 0 Å². The third-order valence-corrected chi connectivity index (χ3v) is 4.98. The summed E-state index contributed by atoms with van der Waals surface area (Å²) in [5.74, 6) is 0.789. The van der Waals surface area contributed by atoms with Crippen LogP contribution in [0, 0.1) is 6.92 Å². The topological polar surface area (TPSA) is 65.5 Å². The Morgan fingerprint density at radius 2 is 1.89 bits per heavy atom. The second-order valence-electron chi connectivity index (χ2n) is 6.50. The summed E-state index contributed by atoms with van der Waals surface area (Å²) in [6.45, 7) is 8.46. The van der Waals surface area contributed by atoms with Gasteiger partial charge in [0.05, 0.1) is 0 Å². The van der Waals surface area contributed by atoms with Crippen LogP contribution in [-0.4, -0.2) is 37.5 Å². The maximum atomic E-state index is 12.0. The number of carbonyl (C=O) groups is 1. The lowest BCUT2D eigenvalue weighted by Gasteiger charge is -2.17. The first-order valence-electron chi connectivity index (χ1n) is 9.52. The van der Waals surface area contributed by atoms with Gasteiger partial charge in [0.15, 0.2) is 5.96 Å². The van der Waals surface area contributed by atoms with Gasteiger partial charge in [-0.25, -0.2) is 0 Å². The van der Waals surface area contributed by atoms with Crippen LogP contribution in [0.5, 0.6) is 0 Å². The highest BCUT2D eigenvalue weighted by atomic mass is 127. The van der Waals surface area contributed by atoms with Gasteiger partial charge in [-0.2, -0.15) is 0 Å². The summed E-state index contributed by atoms with van der Waals surface area (Å²) in [7, 11) is 0. The van der Waals surface area contributed by atoms with Crippen molar-refractivity contribution in [3.63, 3.8) is 0 Å². The molecule has 1 heterocycles. The van der Waals surface area contributed by atoms with Gasteiger partial charge >= 0.3 is 0 Å². The molecule has 2 rings (SSSR count). The molecule has 0 saturated carbocycles. The fourth-order valence-electron chi connectivity index (χ4n) is 2.66. The number of aryl methyl sites for hydroxylation is 1. The third-order valence-electron chi connectivity index (χ3n) is 3.96. The molecule has 0 saturated heterocycles. The molecule has 7 heteroatoms. The molecular formula is C21H31IN4OS. The molecule has 0 aliphatic heterocycles. The van der Waals surface area contributed by atoms with Crippen molar-refractivity contribution in [1.82, 2.24) is 16.0 Å². The molecule has 1 aromatic heterocycles. The normalized spacial score (nSPS) is 12.0. The summed E-state index contributed by atoms with van der Waals surface area (Å²) in [4.78, 5) is 19.3. The zero-order valence-corrected chi connectivity index (χ0v) is 20.0. The van der Waals surface area contributed by atoms with Gasteiger partial charge in [-0.1, -0.05) is 18.2 Å². The number of benzene rings is 1. The molecule has 0 fully saturated rings. The smallest absolute Gasteiger partial charge is 0.251 e. The lowest BCUT2D eigenvalue weighted by molar-refractivity contribution is 0.0953. The first kappa shape index (κ1) is 24.4. The van der Waals surface area contributed by atoms with E-state index in [9.17, 15) is 4.79 Å². The number of hydrogen-bond acceptors (Lipinski definition) is 3. The number of thiophene rings is 1. The van der Waals surface area contributed by atoms with Crippen LogP contribution >= 0.6 is 35.3 Å². The monoisotopic (exact) mass is 514 g/mol. The van der Waals surface area contributed by atoms with Crippen molar-refractivity contribution in [2.45, 2.75) is 39.7 Å². The van der Waals surface area contributed by atoms with Crippen LogP contribution in [0.4, 0.5) is 0 Å². The van der Waals surface area contributed by atoms with Crippen LogP contribution in [0.2, 0.25) is 0 Å². The molecule has 1 unspecified atom stereocenters. The highest BCUT2D eigenvalue weighted by Crippen LogP contribution is 2.16. The number of hydrogen-bond donors (Lipinski definition) is 3. The number of carbonyl (C=O) groups excluding carboxylic acids is 1. The Balaban J connectivity index is 0.00000392. The highest BCUT2D eigenvalue weighted by molar-refractivity contribution is 14.0. The van der Waals surface area contributed by atoms with Gasteiger partial charge in [-0.3, -0.25) is 9.79 Å². The second-order valence-corrected chi connectivity index (χ2v) is 7.87. The van der Waals surface area contributed by atoms with E-state index in [2.05, 4.69) is 53.8 Å². The van der Waals surface area contributed by atoms with Crippen LogP contribution in [-0.2, 0) is 6.42 Å². The SMILES string of the molecule is CCNC(=NCCCNC(=O)c1ccccc1)NC(C)Cc1ccc(C)s1.I.